The first-order chi connectivity index (χ1) is 13.3. The molecule has 3 aliphatic rings. The zero-order chi connectivity index (χ0) is 19.9. The highest BCUT2D eigenvalue weighted by molar-refractivity contribution is 6.61. The minimum absolute atomic E-state index is 0.237. The van der Waals surface area contributed by atoms with Crippen LogP contribution in [-0.2, 0) is 9.31 Å². The molecule has 1 saturated carbocycles. The minimum atomic E-state index is -0.421. The summed E-state index contributed by atoms with van der Waals surface area (Å²) >= 11 is 0. The molecular weight excluding hydrogens is 355 g/mol. The van der Waals surface area contributed by atoms with Gasteiger partial charge in [-0.1, -0.05) is 0 Å². The third-order valence-corrected chi connectivity index (χ3v) is 6.72. The molecule has 0 amide bonds. The zero-order valence-electron chi connectivity index (χ0n) is 17.6. The fraction of sp³-hybridized carbons (Fsp3) is 0.800. The Morgan fingerprint density at radius 3 is 2.07 bits per heavy atom. The van der Waals surface area contributed by atoms with Crippen LogP contribution in [0.5, 0.6) is 0 Å². The number of β-amino-alcohol motifs (C(OH)–C–C–N with tert-alkyl or cyclic N) is 1. The van der Waals surface area contributed by atoms with Crippen LogP contribution in [0.1, 0.15) is 53.4 Å². The van der Waals surface area contributed by atoms with Crippen LogP contribution in [-0.4, -0.2) is 76.6 Å². The maximum atomic E-state index is 9.16. The summed E-state index contributed by atoms with van der Waals surface area (Å²) in [4.78, 5) is 14.2. The molecule has 28 heavy (non-hydrogen) atoms. The molecule has 0 spiro atoms. The van der Waals surface area contributed by atoms with Crippen molar-refractivity contribution < 1.29 is 14.4 Å². The summed E-state index contributed by atoms with van der Waals surface area (Å²) in [6.45, 7) is 11.3. The lowest BCUT2D eigenvalue weighted by atomic mass is 9.81. The van der Waals surface area contributed by atoms with Gasteiger partial charge in [0.05, 0.1) is 17.8 Å². The molecule has 0 aromatic carbocycles. The molecule has 0 unspecified atom stereocenters. The smallest absolute Gasteiger partial charge is 0.399 e. The fourth-order valence-electron chi connectivity index (χ4n) is 4.11. The van der Waals surface area contributed by atoms with Crippen molar-refractivity contribution in [1.82, 2.24) is 14.9 Å². The molecule has 1 aromatic heterocycles. The number of anilines is 1. The van der Waals surface area contributed by atoms with Crippen molar-refractivity contribution in [2.24, 2.45) is 0 Å². The Kier molecular flexibility index (Phi) is 5.42. The molecule has 3 heterocycles. The molecule has 1 N–H and O–H groups in total. The zero-order valence-corrected chi connectivity index (χ0v) is 17.6. The molecule has 8 heteroatoms. The first-order valence-corrected chi connectivity index (χ1v) is 10.6. The van der Waals surface area contributed by atoms with Gasteiger partial charge in [-0.2, -0.15) is 0 Å². The molecule has 7 nitrogen and oxygen atoms in total. The molecule has 2 aliphatic heterocycles. The van der Waals surface area contributed by atoms with Gasteiger partial charge in [-0.3, -0.25) is 0 Å². The molecule has 0 bridgehead atoms. The van der Waals surface area contributed by atoms with E-state index in [4.69, 9.17) is 24.4 Å². The second-order valence-corrected chi connectivity index (χ2v) is 9.34. The molecule has 3 fully saturated rings. The molecule has 154 valence electrons. The fourth-order valence-corrected chi connectivity index (χ4v) is 4.11. The van der Waals surface area contributed by atoms with Crippen LogP contribution in [0.4, 0.5) is 5.95 Å². The van der Waals surface area contributed by atoms with Crippen molar-refractivity contribution in [3.05, 3.63) is 12.4 Å². The minimum Gasteiger partial charge on any atom is -0.399 e. The van der Waals surface area contributed by atoms with Gasteiger partial charge in [0.25, 0.3) is 0 Å². The Balaban J connectivity index is 1.45. The van der Waals surface area contributed by atoms with Crippen molar-refractivity contribution in [2.45, 2.75) is 76.7 Å². The Bertz CT molecular complexity index is 657. The quantitative estimate of drug-likeness (QED) is 0.735. The van der Waals surface area contributed by atoms with E-state index in [9.17, 15) is 0 Å². The van der Waals surface area contributed by atoms with Crippen molar-refractivity contribution in [3.8, 4) is 0 Å². The maximum Gasteiger partial charge on any atom is 0.498 e. The summed E-state index contributed by atoms with van der Waals surface area (Å²) in [5.41, 5.74) is 0.147. The number of aromatic nitrogens is 2. The predicted molar refractivity (Wildman–Crippen MR) is 110 cm³/mol. The lowest BCUT2D eigenvalue weighted by molar-refractivity contribution is 0.00578. The van der Waals surface area contributed by atoms with Gasteiger partial charge in [-0.05, 0) is 53.4 Å². The van der Waals surface area contributed by atoms with Gasteiger partial charge in [0.1, 0.15) is 0 Å². The summed E-state index contributed by atoms with van der Waals surface area (Å²) in [6.07, 6.45) is 8.36. The van der Waals surface area contributed by atoms with Gasteiger partial charge < -0.3 is 24.2 Å². The number of hydrogen-bond donors (Lipinski definition) is 1. The average Bonchev–Trinajstić information content (AvgIpc) is 3.45. The summed E-state index contributed by atoms with van der Waals surface area (Å²) in [5, 5.41) is 9.16. The molecular formula is C20H33BN4O3. The highest BCUT2D eigenvalue weighted by Crippen LogP contribution is 2.37. The Morgan fingerprint density at radius 2 is 1.57 bits per heavy atom. The van der Waals surface area contributed by atoms with Crippen LogP contribution >= 0.6 is 0 Å². The normalized spacial score (nSPS) is 25.2. The van der Waals surface area contributed by atoms with Crippen LogP contribution in [0.3, 0.4) is 0 Å². The Hall–Kier alpha value is -1.22. The summed E-state index contributed by atoms with van der Waals surface area (Å²) < 4.78 is 12.2. The average molecular weight is 388 g/mol. The lowest BCUT2D eigenvalue weighted by Gasteiger charge is -2.38. The first kappa shape index (κ1) is 20.1. The standard InChI is InChI=1S/C20H33BN4O3/c1-19(2)20(3,4)28-21(27-19)15-13-22-18(23-14-15)25(16-5-6-16)17-7-9-24(10-8-17)11-12-26/h13-14,16-17,26H,5-12H2,1-4H3. The van der Waals surface area contributed by atoms with E-state index in [2.05, 4.69) is 37.5 Å². The monoisotopic (exact) mass is 388 g/mol. The molecule has 0 atom stereocenters. The van der Waals surface area contributed by atoms with Gasteiger partial charge >= 0.3 is 7.12 Å². The van der Waals surface area contributed by atoms with Gasteiger partial charge in [-0.25, -0.2) is 9.97 Å². The summed E-state index contributed by atoms with van der Waals surface area (Å²) in [5.74, 6) is 0.823. The number of piperidine rings is 1. The second-order valence-electron chi connectivity index (χ2n) is 9.34. The van der Waals surface area contributed by atoms with Crippen LogP contribution in [0.15, 0.2) is 12.4 Å². The number of likely N-dealkylation sites (tertiary alicyclic amines) is 1. The van der Waals surface area contributed by atoms with Gasteiger partial charge in [0.15, 0.2) is 0 Å². The van der Waals surface area contributed by atoms with E-state index in [1.807, 2.05) is 12.4 Å². The summed E-state index contributed by atoms with van der Waals surface area (Å²) in [7, 11) is -0.421. The van der Waals surface area contributed by atoms with Crippen LogP contribution in [0.25, 0.3) is 0 Å². The highest BCUT2D eigenvalue weighted by Gasteiger charge is 2.52. The van der Waals surface area contributed by atoms with E-state index in [0.29, 0.717) is 12.1 Å². The molecule has 1 aromatic rings. The SMILES string of the molecule is CC1(C)OB(c2cnc(N(C3CC3)C3CCN(CCO)CC3)nc2)OC1(C)C. The number of nitrogens with zero attached hydrogens (tertiary/aromatic N) is 4. The van der Waals surface area contributed by atoms with E-state index in [0.717, 1.165) is 43.9 Å². The Morgan fingerprint density at radius 1 is 1.04 bits per heavy atom. The molecule has 0 radical (unpaired) electrons. The lowest BCUT2D eigenvalue weighted by Crippen LogP contribution is -2.47. The number of hydrogen-bond acceptors (Lipinski definition) is 7. The van der Waals surface area contributed by atoms with Crippen molar-refractivity contribution in [2.75, 3.05) is 31.1 Å². The Labute approximate surface area is 168 Å². The van der Waals surface area contributed by atoms with Crippen molar-refractivity contribution >= 4 is 18.5 Å². The van der Waals surface area contributed by atoms with Crippen LogP contribution in [0.2, 0.25) is 0 Å². The van der Waals surface area contributed by atoms with Crippen molar-refractivity contribution in [1.29, 1.82) is 0 Å². The number of aliphatic hydroxyl groups is 1. The third kappa shape index (κ3) is 3.92. The first-order valence-electron chi connectivity index (χ1n) is 10.6. The van der Waals surface area contributed by atoms with Crippen LogP contribution < -0.4 is 10.4 Å². The third-order valence-electron chi connectivity index (χ3n) is 6.72. The molecule has 1 aliphatic carbocycles. The van der Waals surface area contributed by atoms with Crippen molar-refractivity contribution in [3.63, 3.8) is 0 Å². The van der Waals surface area contributed by atoms with Gasteiger partial charge in [-0.15, -0.1) is 0 Å². The van der Waals surface area contributed by atoms with Gasteiger partial charge in [0.2, 0.25) is 5.95 Å². The maximum absolute atomic E-state index is 9.16. The second kappa shape index (κ2) is 7.56. The van der Waals surface area contributed by atoms with E-state index in [1.54, 1.807) is 0 Å². The van der Waals surface area contributed by atoms with Gasteiger partial charge in [0, 0.05) is 49.6 Å². The van der Waals surface area contributed by atoms with E-state index in [-0.39, 0.29) is 17.8 Å². The van der Waals surface area contributed by atoms with E-state index < -0.39 is 7.12 Å². The molecule has 2 saturated heterocycles. The van der Waals surface area contributed by atoms with Crippen LogP contribution in [0, 0.1) is 0 Å². The predicted octanol–water partition coefficient (Wildman–Crippen LogP) is 1.20. The van der Waals surface area contributed by atoms with E-state index >= 15 is 0 Å². The molecule has 4 rings (SSSR count). The highest BCUT2D eigenvalue weighted by atomic mass is 16.7. The topological polar surface area (TPSA) is 71.0 Å². The summed E-state index contributed by atoms with van der Waals surface area (Å²) in [6, 6.07) is 1.04. The number of rotatable bonds is 6. The largest absolute Gasteiger partial charge is 0.498 e. The van der Waals surface area contributed by atoms with E-state index in [1.165, 1.54) is 12.8 Å². The number of aliphatic hydroxyl groups excluding tert-OH is 1.